The second-order valence-electron chi connectivity index (χ2n) is 4.42. The number of amides is 1. The van der Waals surface area contributed by atoms with Gasteiger partial charge in [-0.2, -0.15) is 0 Å². The third-order valence-electron chi connectivity index (χ3n) is 3.13. The summed E-state index contributed by atoms with van der Waals surface area (Å²) in [5.41, 5.74) is 6.65. The van der Waals surface area contributed by atoms with Gasteiger partial charge in [0.2, 0.25) is 0 Å². The van der Waals surface area contributed by atoms with Crippen LogP contribution in [0.1, 0.15) is 29.8 Å². The Balaban J connectivity index is 2.80. The van der Waals surface area contributed by atoms with Crippen molar-refractivity contribution in [2.24, 2.45) is 11.7 Å². The van der Waals surface area contributed by atoms with Gasteiger partial charge in [0.05, 0.1) is 0 Å². The molecule has 0 aromatic heterocycles. The third kappa shape index (κ3) is 3.20. The Hall–Kier alpha value is -1.55. The number of carbonyl (C=O) groups is 1. The van der Waals surface area contributed by atoms with Crippen LogP contribution in [0.5, 0.6) is 5.75 Å². The number of phenols is 1. The van der Waals surface area contributed by atoms with E-state index in [1.54, 1.807) is 25.1 Å². The lowest BCUT2D eigenvalue weighted by Gasteiger charge is -2.20. The molecule has 4 heteroatoms. The van der Waals surface area contributed by atoms with Crippen LogP contribution < -0.4 is 11.1 Å². The zero-order valence-electron chi connectivity index (χ0n) is 10.5. The third-order valence-corrected chi connectivity index (χ3v) is 3.13. The predicted molar refractivity (Wildman–Crippen MR) is 68.0 cm³/mol. The highest BCUT2D eigenvalue weighted by molar-refractivity contribution is 5.96. The summed E-state index contributed by atoms with van der Waals surface area (Å²) in [5.74, 6) is 0.181. The molecule has 0 aliphatic heterocycles. The Morgan fingerprint density at radius 3 is 2.71 bits per heavy atom. The van der Waals surface area contributed by atoms with E-state index >= 15 is 0 Å². The highest BCUT2D eigenvalue weighted by Crippen LogP contribution is 2.19. The number of nitrogens with one attached hydrogen (secondary N) is 1. The zero-order valence-corrected chi connectivity index (χ0v) is 10.5. The largest absolute Gasteiger partial charge is 0.508 e. The van der Waals surface area contributed by atoms with Gasteiger partial charge < -0.3 is 16.2 Å². The Morgan fingerprint density at radius 1 is 1.47 bits per heavy atom. The van der Waals surface area contributed by atoms with Gasteiger partial charge in [0.25, 0.3) is 5.91 Å². The summed E-state index contributed by atoms with van der Waals surface area (Å²) in [5, 5.41) is 12.4. The van der Waals surface area contributed by atoms with Gasteiger partial charge in [-0.15, -0.1) is 0 Å². The molecule has 0 heterocycles. The summed E-state index contributed by atoms with van der Waals surface area (Å²) in [4.78, 5) is 12.0. The van der Waals surface area contributed by atoms with E-state index in [1.165, 1.54) is 0 Å². The van der Waals surface area contributed by atoms with E-state index < -0.39 is 0 Å². The van der Waals surface area contributed by atoms with Crippen molar-refractivity contribution in [3.8, 4) is 5.75 Å². The number of phenolic OH excluding ortho intramolecular Hbond substituents is 1. The maximum atomic E-state index is 12.0. The number of hydrogen-bond acceptors (Lipinski definition) is 3. The fraction of sp³-hybridized carbons (Fsp3) is 0.462. The van der Waals surface area contributed by atoms with Crippen molar-refractivity contribution in [1.82, 2.24) is 5.32 Å². The Morgan fingerprint density at radius 2 is 2.12 bits per heavy atom. The summed E-state index contributed by atoms with van der Waals surface area (Å²) < 4.78 is 0. The lowest BCUT2D eigenvalue weighted by molar-refractivity contribution is 0.0928. The van der Waals surface area contributed by atoms with Gasteiger partial charge in [-0.1, -0.05) is 13.0 Å². The highest BCUT2D eigenvalue weighted by Gasteiger charge is 2.16. The van der Waals surface area contributed by atoms with Gasteiger partial charge in [-0.25, -0.2) is 0 Å². The number of nitrogens with two attached hydrogens (primary N) is 1. The molecule has 0 aliphatic carbocycles. The number of benzene rings is 1. The minimum Gasteiger partial charge on any atom is -0.508 e. The molecule has 0 spiro atoms. The molecule has 94 valence electrons. The van der Waals surface area contributed by atoms with E-state index in [0.717, 1.165) is 0 Å². The SMILES string of the molecule is Cc1c(O)cccc1C(=O)NC(C)C(C)CN. The number of carbonyl (C=O) groups excluding carboxylic acids is 1. The summed E-state index contributed by atoms with van der Waals surface area (Å²) in [6.45, 7) is 6.16. The van der Waals surface area contributed by atoms with Crippen molar-refractivity contribution < 1.29 is 9.90 Å². The van der Waals surface area contributed by atoms with Crippen molar-refractivity contribution in [2.45, 2.75) is 26.8 Å². The molecule has 0 bridgehead atoms. The van der Waals surface area contributed by atoms with E-state index in [0.29, 0.717) is 17.7 Å². The smallest absolute Gasteiger partial charge is 0.251 e. The summed E-state index contributed by atoms with van der Waals surface area (Å²) in [7, 11) is 0. The molecule has 0 saturated heterocycles. The van der Waals surface area contributed by atoms with Gasteiger partial charge in [0.15, 0.2) is 0 Å². The maximum absolute atomic E-state index is 12.0. The molecule has 0 radical (unpaired) electrons. The molecule has 0 fully saturated rings. The average molecular weight is 236 g/mol. The molecule has 0 aliphatic rings. The first-order chi connectivity index (χ1) is 7.97. The standard InChI is InChI=1S/C13H20N2O2/c1-8(7-14)10(3)15-13(17)11-5-4-6-12(16)9(11)2/h4-6,8,10,16H,7,14H2,1-3H3,(H,15,17). The van der Waals surface area contributed by atoms with Crippen LogP contribution in [-0.4, -0.2) is 23.6 Å². The van der Waals surface area contributed by atoms with Crippen molar-refractivity contribution in [3.05, 3.63) is 29.3 Å². The van der Waals surface area contributed by atoms with Gasteiger partial charge in [-0.3, -0.25) is 4.79 Å². The van der Waals surface area contributed by atoms with Crippen LogP contribution in [0.25, 0.3) is 0 Å². The van der Waals surface area contributed by atoms with Gasteiger partial charge in [0.1, 0.15) is 5.75 Å². The molecule has 17 heavy (non-hydrogen) atoms. The molecule has 0 saturated carbocycles. The second kappa shape index (κ2) is 5.68. The van der Waals surface area contributed by atoms with Gasteiger partial charge in [-0.05, 0) is 38.4 Å². The Kier molecular flexibility index (Phi) is 4.52. The second-order valence-corrected chi connectivity index (χ2v) is 4.42. The van der Waals surface area contributed by atoms with Crippen LogP contribution >= 0.6 is 0 Å². The van der Waals surface area contributed by atoms with E-state index in [-0.39, 0.29) is 23.6 Å². The first-order valence-corrected chi connectivity index (χ1v) is 5.76. The molecule has 4 N–H and O–H groups in total. The first kappa shape index (κ1) is 13.5. The average Bonchev–Trinajstić information content (AvgIpc) is 2.31. The van der Waals surface area contributed by atoms with Crippen LogP contribution in [-0.2, 0) is 0 Å². The molecule has 1 aromatic rings. The number of hydrogen-bond donors (Lipinski definition) is 3. The molecule has 1 amide bonds. The van der Waals surface area contributed by atoms with Crippen LogP contribution in [0.4, 0.5) is 0 Å². The van der Waals surface area contributed by atoms with Crippen LogP contribution in [0.2, 0.25) is 0 Å². The Labute approximate surface area is 102 Å². The number of rotatable bonds is 4. The molecular weight excluding hydrogens is 216 g/mol. The van der Waals surface area contributed by atoms with E-state index in [2.05, 4.69) is 5.32 Å². The minimum absolute atomic E-state index is 0.00856. The van der Waals surface area contributed by atoms with Crippen molar-refractivity contribution in [2.75, 3.05) is 6.54 Å². The monoisotopic (exact) mass is 236 g/mol. The van der Waals surface area contributed by atoms with Crippen LogP contribution in [0.15, 0.2) is 18.2 Å². The van der Waals surface area contributed by atoms with Crippen molar-refractivity contribution in [3.63, 3.8) is 0 Å². The molecular formula is C13H20N2O2. The fourth-order valence-corrected chi connectivity index (χ4v) is 1.50. The van der Waals surface area contributed by atoms with E-state index in [4.69, 9.17) is 5.73 Å². The molecule has 2 atom stereocenters. The molecule has 1 aromatic carbocycles. The Bertz CT molecular complexity index is 404. The topological polar surface area (TPSA) is 75.3 Å². The minimum atomic E-state index is -0.175. The van der Waals surface area contributed by atoms with Gasteiger partial charge in [0, 0.05) is 17.2 Å². The van der Waals surface area contributed by atoms with Gasteiger partial charge >= 0.3 is 0 Å². The lowest BCUT2D eigenvalue weighted by Crippen LogP contribution is -2.39. The van der Waals surface area contributed by atoms with E-state index in [1.807, 2.05) is 13.8 Å². The zero-order chi connectivity index (χ0) is 13.0. The normalized spacial score (nSPS) is 14.1. The number of aromatic hydroxyl groups is 1. The molecule has 2 unspecified atom stereocenters. The van der Waals surface area contributed by atoms with Crippen molar-refractivity contribution in [1.29, 1.82) is 0 Å². The van der Waals surface area contributed by atoms with Crippen LogP contribution in [0.3, 0.4) is 0 Å². The summed E-state index contributed by atoms with van der Waals surface area (Å²) in [6, 6.07) is 4.94. The highest BCUT2D eigenvalue weighted by atomic mass is 16.3. The predicted octanol–water partition coefficient (Wildman–Crippen LogP) is 1.41. The van der Waals surface area contributed by atoms with Crippen LogP contribution in [0, 0.1) is 12.8 Å². The quantitative estimate of drug-likeness (QED) is 0.740. The summed E-state index contributed by atoms with van der Waals surface area (Å²) in [6.07, 6.45) is 0. The summed E-state index contributed by atoms with van der Waals surface area (Å²) >= 11 is 0. The first-order valence-electron chi connectivity index (χ1n) is 5.76. The molecule has 1 rings (SSSR count). The van der Waals surface area contributed by atoms with E-state index in [9.17, 15) is 9.90 Å². The molecule has 4 nitrogen and oxygen atoms in total. The maximum Gasteiger partial charge on any atom is 0.251 e. The fourth-order valence-electron chi connectivity index (χ4n) is 1.50. The van der Waals surface area contributed by atoms with Crippen molar-refractivity contribution >= 4 is 5.91 Å². The lowest BCUT2D eigenvalue weighted by atomic mass is 10.0.